The zero-order valence-electron chi connectivity index (χ0n) is 14.0. The predicted molar refractivity (Wildman–Crippen MR) is 94.8 cm³/mol. The molecule has 0 unspecified atom stereocenters. The maximum absolute atomic E-state index is 12.0. The number of rotatable bonds is 7. The van der Waals surface area contributed by atoms with E-state index in [1.807, 2.05) is 30.3 Å². The number of aromatic nitrogens is 1. The molecule has 130 valence electrons. The second-order valence-electron chi connectivity index (χ2n) is 5.69. The topological polar surface area (TPSA) is 73.5 Å². The molecule has 0 fully saturated rings. The van der Waals surface area contributed by atoms with Gasteiger partial charge in [0.1, 0.15) is 5.75 Å². The summed E-state index contributed by atoms with van der Waals surface area (Å²) in [5.41, 5.74) is 2.33. The van der Waals surface area contributed by atoms with Crippen molar-refractivity contribution in [3.63, 3.8) is 0 Å². The molecule has 1 heterocycles. The number of benzene rings is 2. The Morgan fingerprint density at radius 3 is 2.88 bits per heavy atom. The largest absolute Gasteiger partial charge is 0.497 e. The average molecular weight is 340 g/mol. The summed E-state index contributed by atoms with van der Waals surface area (Å²) in [6.45, 7) is 0.827. The number of nitrogens with zero attached hydrogens (tertiary/aromatic N) is 1. The predicted octanol–water partition coefficient (Wildman–Crippen LogP) is 2.35. The first-order valence-electron chi connectivity index (χ1n) is 8.15. The van der Waals surface area contributed by atoms with E-state index in [0.717, 1.165) is 17.7 Å². The zero-order valence-corrected chi connectivity index (χ0v) is 14.0. The van der Waals surface area contributed by atoms with Crippen LogP contribution in [-0.2, 0) is 17.8 Å². The molecule has 3 aromatic rings. The first-order chi connectivity index (χ1) is 12.2. The summed E-state index contributed by atoms with van der Waals surface area (Å²) in [6, 6.07) is 14.9. The molecule has 0 aliphatic carbocycles. The highest BCUT2D eigenvalue weighted by molar-refractivity contribution is 5.76. The van der Waals surface area contributed by atoms with Gasteiger partial charge in [-0.05, 0) is 36.2 Å². The monoisotopic (exact) mass is 340 g/mol. The molecule has 1 aromatic heterocycles. The Balaban J connectivity index is 1.51. The number of hydrogen-bond donors (Lipinski definition) is 1. The fraction of sp³-hybridized carbons (Fsp3) is 0.263. The normalized spacial score (nSPS) is 10.8. The number of oxazole rings is 1. The molecule has 0 aliphatic rings. The number of ether oxygens (including phenoxy) is 1. The molecule has 25 heavy (non-hydrogen) atoms. The van der Waals surface area contributed by atoms with Gasteiger partial charge in [0.2, 0.25) is 5.91 Å². The van der Waals surface area contributed by atoms with E-state index < -0.39 is 5.76 Å². The highest BCUT2D eigenvalue weighted by Crippen LogP contribution is 2.13. The van der Waals surface area contributed by atoms with Gasteiger partial charge in [-0.1, -0.05) is 24.3 Å². The Hall–Kier alpha value is -3.02. The minimum absolute atomic E-state index is 0.0972. The second-order valence-corrected chi connectivity index (χ2v) is 5.69. The maximum Gasteiger partial charge on any atom is 0.419 e. The number of carbonyl (C=O) groups excluding carboxylic acids is 1. The van der Waals surface area contributed by atoms with Gasteiger partial charge in [-0.25, -0.2) is 4.79 Å². The van der Waals surface area contributed by atoms with Crippen LogP contribution >= 0.6 is 0 Å². The first kappa shape index (κ1) is 16.8. The molecule has 0 bridgehead atoms. The Kier molecular flexibility index (Phi) is 5.18. The van der Waals surface area contributed by atoms with Gasteiger partial charge >= 0.3 is 5.76 Å². The summed E-state index contributed by atoms with van der Waals surface area (Å²) in [5.74, 6) is 0.264. The molecule has 6 nitrogen and oxygen atoms in total. The molecule has 3 rings (SSSR count). The van der Waals surface area contributed by atoms with Crippen LogP contribution in [0.3, 0.4) is 0 Å². The van der Waals surface area contributed by atoms with Crippen LogP contribution in [0.15, 0.2) is 57.7 Å². The quantitative estimate of drug-likeness (QED) is 0.716. The van der Waals surface area contributed by atoms with Gasteiger partial charge < -0.3 is 14.5 Å². The molecule has 2 aromatic carbocycles. The van der Waals surface area contributed by atoms with Crippen LogP contribution in [0.1, 0.15) is 12.0 Å². The fourth-order valence-electron chi connectivity index (χ4n) is 2.70. The average Bonchev–Trinajstić information content (AvgIpc) is 2.95. The van der Waals surface area contributed by atoms with E-state index in [1.54, 1.807) is 25.3 Å². The van der Waals surface area contributed by atoms with Crippen LogP contribution in [0, 0.1) is 0 Å². The minimum Gasteiger partial charge on any atom is -0.497 e. The highest BCUT2D eigenvalue weighted by Gasteiger charge is 2.10. The SMILES string of the molecule is COc1cccc(CCNC(=O)CCn2c(=O)oc3ccccc32)c1. The lowest BCUT2D eigenvalue weighted by molar-refractivity contribution is -0.121. The van der Waals surface area contributed by atoms with Gasteiger partial charge in [-0.3, -0.25) is 9.36 Å². The van der Waals surface area contributed by atoms with Gasteiger partial charge in [-0.15, -0.1) is 0 Å². The van der Waals surface area contributed by atoms with Crippen LogP contribution in [0.4, 0.5) is 0 Å². The van der Waals surface area contributed by atoms with Crippen molar-refractivity contribution in [1.29, 1.82) is 0 Å². The van der Waals surface area contributed by atoms with Crippen LogP contribution in [0.25, 0.3) is 11.1 Å². The number of carbonyl (C=O) groups is 1. The summed E-state index contributed by atoms with van der Waals surface area (Å²) in [7, 11) is 1.63. The molecule has 0 spiro atoms. The van der Waals surface area contributed by atoms with Crippen molar-refractivity contribution >= 4 is 17.0 Å². The summed E-state index contributed by atoms with van der Waals surface area (Å²) in [4.78, 5) is 23.9. The summed E-state index contributed by atoms with van der Waals surface area (Å²) in [5, 5.41) is 2.87. The zero-order chi connectivity index (χ0) is 17.6. The third-order valence-electron chi connectivity index (χ3n) is 4.01. The number of aryl methyl sites for hydroxylation is 1. The molecular formula is C19H20N2O4. The van der Waals surface area contributed by atoms with Crippen molar-refractivity contribution in [2.75, 3.05) is 13.7 Å². The number of para-hydroxylation sites is 2. The fourth-order valence-corrected chi connectivity index (χ4v) is 2.70. The molecule has 0 aliphatic heterocycles. The molecule has 0 saturated heterocycles. The Labute approximate surface area is 145 Å². The molecule has 0 saturated carbocycles. The maximum atomic E-state index is 12.0. The molecule has 1 amide bonds. The van der Waals surface area contributed by atoms with E-state index in [2.05, 4.69) is 5.32 Å². The standard InChI is InChI=1S/C19H20N2O4/c1-24-15-6-4-5-14(13-15)9-11-20-18(22)10-12-21-16-7-2-3-8-17(16)25-19(21)23/h2-8,13H,9-12H2,1H3,(H,20,22). The smallest absolute Gasteiger partial charge is 0.419 e. The van der Waals surface area contributed by atoms with Crippen molar-refractivity contribution in [2.45, 2.75) is 19.4 Å². The summed E-state index contributed by atoms with van der Waals surface area (Å²) >= 11 is 0. The van der Waals surface area contributed by atoms with Crippen molar-refractivity contribution in [2.24, 2.45) is 0 Å². The van der Waals surface area contributed by atoms with E-state index in [9.17, 15) is 9.59 Å². The van der Waals surface area contributed by atoms with Gasteiger partial charge in [0, 0.05) is 19.5 Å². The Morgan fingerprint density at radius 1 is 1.20 bits per heavy atom. The highest BCUT2D eigenvalue weighted by atomic mass is 16.5. The van der Waals surface area contributed by atoms with Gasteiger partial charge in [0.15, 0.2) is 5.58 Å². The van der Waals surface area contributed by atoms with Crippen molar-refractivity contribution in [1.82, 2.24) is 9.88 Å². The lowest BCUT2D eigenvalue weighted by Crippen LogP contribution is -2.27. The molecule has 1 N–H and O–H groups in total. The number of fused-ring (bicyclic) bond motifs is 1. The summed E-state index contributed by atoms with van der Waals surface area (Å²) < 4.78 is 11.8. The Morgan fingerprint density at radius 2 is 2.04 bits per heavy atom. The van der Waals surface area contributed by atoms with Crippen LogP contribution in [0.2, 0.25) is 0 Å². The van der Waals surface area contributed by atoms with Gasteiger partial charge in [-0.2, -0.15) is 0 Å². The summed E-state index contributed by atoms with van der Waals surface area (Å²) in [6.07, 6.45) is 0.944. The molecule has 0 atom stereocenters. The molecule has 0 radical (unpaired) electrons. The third-order valence-corrected chi connectivity index (χ3v) is 4.01. The number of amides is 1. The van der Waals surface area contributed by atoms with E-state index in [0.29, 0.717) is 24.2 Å². The van der Waals surface area contributed by atoms with E-state index in [1.165, 1.54) is 4.57 Å². The van der Waals surface area contributed by atoms with Gasteiger partial charge in [0.05, 0.1) is 12.6 Å². The van der Waals surface area contributed by atoms with Crippen LogP contribution < -0.4 is 15.8 Å². The van der Waals surface area contributed by atoms with E-state index in [-0.39, 0.29) is 12.3 Å². The number of nitrogens with one attached hydrogen (secondary N) is 1. The number of hydrogen-bond acceptors (Lipinski definition) is 4. The van der Waals surface area contributed by atoms with Crippen LogP contribution in [0.5, 0.6) is 5.75 Å². The minimum atomic E-state index is -0.439. The van der Waals surface area contributed by atoms with Gasteiger partial charge in [0.25, 0.3) is 0 Å². The third kappa shape index (κ3) is 4.09. The van der Waals surface area contributed by atoms with Crippen molar-refractivity contribution < 1.29 is 13.9 Å². The second kappa shape index (κ2) is 7.70. The molecular weight excluding hydrogens is 320 g/mol. The molecule has 6 heteroatoms. The van der Waals surface area contributed by atoms with Crippen molar-refractivity contribution in [3.05, 3.63) is 64.6 Å². The van der Waals surface area contributed by atoms with E-state index >= 15 is 0 Å². The Bertz CT molecular complexity index is 926. The lowest BCUT2D eigenvalue weighted by Gasteiger charge is -2.07. The van der Waals surface area contributed by atoms with Crippen molar-refractivity contribution in [3.8, 4) is 5.75 Å². The first-order valence-corrected chi connectivity index (χ1v) is 8.15. The lowest BCUT2D eigenvalue weighted by atomic mass is 10.1. The van der Waals surface area contributed by atoms with Crippen LogP contribution in [-0.4, -0.2) is 24.1 Å². The van der Waals surface area contributed by atoms with E-state index in [4.69, 9.17) is 9.15 Å². The number of methoxy groups -OCH3 is 1.